The predicted octanol–water partition coefficient (Wildman–Crippen LogP) is 3.02. The van der Waals surface area contributed by atoms with E-state index in [-0.39, 0.29) is 0 Å². The summed E-state index contributed by atoms with van der Waals surface area (Å²) in [5.41, 5.74) is 1.54. The van der Waals surface area contributed by atoms with E-state index in [9.17, 15) is 0 Å². The van der Waals surface area contributed by atoms with E-state index >= 15 is 0 Å². The molecule has 1 saturated carbocycles. The van der Waals surface area contributed by atoms with Crippen LogP contribution in [0.4, 0.5) is 0 Å². The van der Waals surface area contributed by atoms with Gasteiger partial charge in [-0.3, -0.25) is 4.99 Å². The average Bonchev–Trinajstić information content (AvgIpc) is 3.24. The van der Waals surface area contributed by atoms with Crippen LogP contribution in [0.15, 0.2) is 23.2 Å². The molecule has 26 heavy (non-hydrogen) atoms. The number of guanidine groups is 1. The third-order valence-corrected chi connectivity index (χ3v) is 5.06. The highest BCUT2D eigenvalue weighted by Crippen LogP contribution is 2.49. The van der Waals surface area contributed by atoms with Gasteiger partial charge in [-0.2, -0.15) is 0 Å². The van der Waals surface area contributed by atoms with Gasteiger partial charge in [0.15, 0.2) is 17.5 Å². The van der Waals surface area contributed by atoms with Crippen molar-refractivity contribution in [3.05, 3.63) is 23.8 Å². The molecule has 1 fully saturated rings. The van der Waals surface area contributed by atoms with Crippen LogP contribution in [0.2, 0.25) is 0 Å². The quantitative estimate of drug-likeness (QED) is 0.416. The first-order valence-corrected chi connectivity index (χ1v) is 9.61. The van der Waals surface area contributed by atoms with Crippen molar-refractivity contribution in [2.45, 2.75) is 39.7 Å². The fourth-order valence-electron chi connectivity index (χ4n) is 3.20. The highest BCUT2D eigenvalue weighted by molar-refractivity contribution is 5.79. The largest absolute Gasteiger partial charge is 0.454 e. The summed E-state index contributed by atoms with van der Waals surface area (Å²) in [6.07, 6.45) is 3.62. The minimum absolute atomic E-state index is 0.308. The molecule has 0 atom stereocenters. The molecule has 6 nitrogen and oxygen atoms in total. The molecular formula is C20H31N3O3. The van der Waals surface area contributed by atoms with E-state index in [2.05, 4.69) is 30.3 Å². The minimum atomic E-state index is 0.308. The molecule has 0 amide bonds. The summed E-state index contributed by atoms with van der Waals surface area (Å²) in [6, 6.07) is 6.10. The van der Waals surface area contributed by atoms with Crippen LogP contribution in [0, 0.1) is 5.41 Å². The maximum absolute atomic E-state index is 5.53. The number of benzene rings is 1. The van der Waals surface area contributed by atoms with Gasteiger partial charge in [0.1, 0.15) is 0 Å². The molecular weight excluding hydrogens is 330 g/mol. The Morgan fingerprint density at radius 2 is 2.08 bits per heavy atom. The van der Waals surface area contributed by atoms with Crippen LogP contribution in [-0.4, -0.2) is 51.0 Å². The first-order chi connectivity index (χ1) is 12.7. The molecule has 3 rings (SSSR count). The average molecular weight is 361 g/mol. The van der Waals surface area contributed by atoms with Crippen molar-refractivity contribution in [3.63, 3.8) is 0 Å². The first kappa shape index (κ1) is 18.8. The van der Waals surface area contributed by atoms with Crippen molar-refractivity contribution in [1.82, 2.24) is 10.2 Å². The van der Waals surface area contributed by atoms with Gasteiger partial charge in [0.2, 0.25) is 6.79 Å². The zero-order chi connectivity index (χ0) is 18.4. The Morgan fingerprint density at radius 3 is 2.81 bits per heavy atom. The highest BCUT2D eigenvalue weighted by atomic mass is 16.7. The maximum atomic E-state index is 5.53. The molecule has 1 aromatic rings. The Kier molecular flexibility index (Phi) is 6.25. The molecule has 0 saturated heterocycles. The van der Waals surface area contributed by atoms with Gasteiger partial charge in [-0.25, -0.2) is 0 Å². The van der Waals surface area contributed by atoms with Crippen LogP contribution in [-0.2, 0) is 11.3 Å². The van der Waals surface area contributed by atoms with Crippen molar-refractivity contribution in [3.8, 4) is 11.5 Å². The molecule has 1 N–H and O–H groups in total. The smallest absolute Gasteiger partial charge is 0.231 e. The summed E-state index contributed by atoms with van der Waals surface area (Å²) in [6.45, 7) is 8.59. The summed E-state index contributed by atoms with van der Waals surface area (Å²) in [4.78, 5) is 7.08. The highest BCUT2D eigenvalue weighted by Gasteiger charge is 2.42. The zero-order valence-electron chi connectivity index (χ0n) is 16.2. The van der Waals surface area contributed by atoms with E-state index in [4.69, 9.17) is 19.2 Å². The number of hydrogen-bond acceptors (Lipinski definition) is 4. The van der Waals surface area contributed by atoms with Crippen molar-refractivity contribution in [1.29, 1.82) is 0 Å². The fraction of sp³-hybridized carbons (Fsp3) is 0.650. The van der Waals surface area contributed by atoms with Crippen LogP contribution < -0.4 is 14.8 Å². The second-order valence-corrected chi connectivity index (χ2v) is 7.16. The zero-order valence-corrected chi connectivity index (χ0v) is 16.2. The second-order valence-electron chi connectivity index (χ2n) is 7.16. The maximum Gasteiger partial charge on any atom is 0.231 e. The van der Waals surface area contributed by atoms with Gasteiger partial charge in [0.05, 0.1) is 0 Å². The number of ether oxygens (including phenoxy) is 3. The normalized spacial score (nSPS) is 17.3. The standard InChI is InChI=1S/C20H31N3O3/c1-4-21-19(22-14-20(8-9-20)10-11-24-5-2)23(3)13-16-6-7-17-18(12-16)26-15-25-17/h6-7,12H,4-5,8-11,13-15H2,1-3H3,(H,21,22). The molecule has 0 aromatic heterocycles. The van der Waals surface area contributed by atoms with E-state index in [0.29, 0.717) is 12.2 Å². The molecule has 1 aliphatic carbocycles. The molecule has 0 radical (unpaired) electrons. The van der Waals surface area contributed by atoms with E-state index in [1.807, 2.05) is 19.1 Å². The van der Waals surface area contributed by atoms with Gasteiger partial charge in [0.25, 0.3) is 0 Å². The van der Waals surface area contributed by atoms with Crippen LogP contribution in [0.3, 0.4) is 0 Å². The van der Waals surface area contributed by atoms with E-state index in [1.54, 1.807) is 0 Å². The number of nitrogens with one attached hydrogen (secondary N) is 1. The molecule has 0 bridgehead atoms. The predicted molar refractivity (Wildman–Crippen MR) is 103 cm³/mol. The van der Waals surface area contributed by atoms with Crippen molar-refractivity contribution >= 4 is 5.96 Å². The topological polar surface area (TPSA) is 55.3 Å². The molecule has 0 unspecified atom stereocenters. The lowest BCUT2D eigenvalue weighted by Crippen LogP contribution is -2.39. The molecule has 6 heteroatoms. The second kappa shape index (κ2) is 8.62. The third kappa shape index (κ3) is 4.81. The summed E-state index contributed by atoms with van der Waals surface area (Å²) in [5, 5.41) is 3.41. The summed E-state index contributed by atoms with van der Waals surface area (Å²) < 4.78 is 16.4. The fourth-order valence-corrected chi connectivity index (χ4v) is 3.20. The van der Waals surface area contributed by atoms with Crippen molar-refractivity contribution < 1.29 is 14.2 Å². The molecule has 144 valence electrons. The molecule has 0 spiro atoms. The lowest BCUT2D eigenvalue weighted by Gasteiger charge is -2.23. The summed E-state index contributed by atoms with van der Waals surface area (Å²) in [7, 11) is 2.08. The number of rotatable bonds is 9. The molecule has 1 aromatic carbocycles. The summed E-state index contributed by atoms with van der Waals surface area (Å²) in [5.74, 6) is 2.60. The van der Waals surface area contributed by atoms with E-state index in [1.165, 1.54) is 18.4 Å². The van der Waals surface area contributed by atoms with Crippen LogP contribution >= 0.6 is 0 Å². The Morgan fingerprint density at radius 1 is 1.27 bits per heavy atom. The van der Waals surface area contributed by atoms with Crippen LogP contribution in [0.1, 0.15) is 38.7 Å². The minimum Gasteiger partial charge on any atom is -0.454 e. The van der Waals surface area contributed by atoms with Crippen LogP contribution in [0.5, 0.6) is 11.5 Å². The van der Waals surface area contributed by atoms with Gasteiger partial charge in [-0.1, -0.05) is 6.07 Å². The number of nitrogens with zero attached hydrogens (tertiary/aromatic N) is 2. The first-order valence-electron chi connectivity index (χ1n) is 9.61. The van der Waals surface area contributed by atoms with Gasteiger partial charge in [-0.05, 0) is 56.2 Å². The lowest BCUT2D eigenvalue weighted by atomic mass is 10.0. The SMILES string of the molecule is CCNC(=NCC1(CCOCC)CC1)N(C)Cc1ccc2c(c1)OCO2. The Balaban J connectivity index is 1.59. The Hall–Kier alpha value is -1.95. The summed E-state index contributed by atoms with van der Waals surface area (Å²) >= 11 is 0. The van der Waals surface area contributed by atoms with Crippen molar-refractivity contribution in [2.24, 2.45) is 10.4 Å². The van der Waals surface area contributed by atoms with Gasteiger partial charge in [-0.15, -0.1) is 0 Å². The Bertz CT molecular complexity index is 629. The lowest BCUT2D eigenvalue weighted by molar-refractivity contribution is 0.129. The molecule has 1 heterocycles. The van der Waals surface area contributed by atoms with E-state index in [0.717, 1.165) is 56.7 Å². The monoisotopic (exact) mass is 361 g/mol. The van der Waals surface area contributed by atoms with E-state index < -0.39 is 0 Å². The number of hydrogen-bond donors (Lipinski definition) is 1. The van der Waals surface area contributed by atoms with Crippen molar-refractivity contribution in [2.75, 3.05) is 40.1 Å². The van der Waals surface area contributed by atoms with Gasteiger partial charge in [0, 0.05) is 39.9 Å². The molecule has 2 aliphatic rings. The number of fused-ring (bicyclic) bond motifs is 1. The number of aliphatic imine (C=N–C) groups is 1. The third-order valence-electron chi connectivity index (χ3n) is 5.06. The van der Waals surface area contributed by atoms with Gasteiger partial charge >= 0.3 is 0 Å². The molecule has 1 aliphatic heterocycles. The van der Waals surface area contributed by atoms with Crippen LogP contribution in [0.25, 0.3) is 0 Å². The van der Waals surface area contributed by atoms with Gasteiger partial charge < -0.3 is 24.4 Å². The Labute approximate surface area is 156 Å².